The highest BCUT2D eigenvalue weighted by Gasteiger charge is 2.35. The number of rotatable bonds is 6. The van der Waals surface area contributed by atoms with E-state index >= 15 is 0 Å². The van der Waals surface area contributed by atoms with Crippen molar-refractivity contribution < 1.29 is 14.0 Å². The fraction of sp³-hybridized carbons (Fsp3) is 0.318. The van der Waals surface area contributed by atoms with Crippen LogP contribution in [0.2, 0.25) is 0 Å². The van der Waals surface area contributed by atoms with Crippen LogP contribution >= 0.6 is 0 Å². The first kappa shape index (κ1) is 21.4. The Morgan fingerprint density at radius 1 is 1.25 bits per heavy atom. The molecule has 3 aromatic rings. The Labute approximate surface area is 183 Å². The molecule has 0 aliphatic carbocycles. The first-order valence-corrected chi connectivity index (χ1v) is 10.4. The van der Waals surface area contributed by atoms with E-state index in [1.807, 2.05) is 6.92 Å². The van der Waals surface area contributed by atoms with Crippen LogP contribution in [0.25, 0.3) is 5.95 Å². The zero-order valence-corrected chi connectivity index (χ0v) is 17.8. The third-order valence-electron chi connectivity index (χ3n) is 5.21. The summed E-state index contributed by atoms with van der Waals surface area (Å²) < 4.78 is 14.6. The standard InChI is InChI=1S/C22H23FN6O3/c1-3-4-16-11-19(30)26-22(24-16)29-18(9-13(2)27-29)25-21(32)14-10-20(31)28(12-14)17-7-5-15(23)6-8-17/h5-9,11,14H,3-4,10,12H2,1-2H3,(H,25,32)(H,24,26,30)/t14-/m0/s1. The third kappa shape index (κ3) is 4.43. The summed E-state index contributed by atoms with van der Waals surface area (Å²) in [5.41, 5.74) is 1.49. The lowest BCUT2D eigenvalue weighted by Gasteiger charge is -2.16. The minimum atomic E-state index is -0.588. The molecule has 1 aliphatic rings. The van der Waals surface area contributed by atoms with Gasteiger partial charge in [0, 0.05) is 36.5 Å². The Balaban J connectivity index is 1.54. The maximum absolute atomic E-state index is 13.2. The molecule has 10 heteroatoms. The largest absolute Gasteiger partial charge is 0.312 e. The van der Waals surface area contributed by atoms with Crippen LogP contribution in [0.4, 0.5) is 15.9 Å². The number of aromatic amines is 1. The summed E-state index contributed by atoms with van der Waals surface area (Å²) in [7, 11) is 0. The van der Waals surface area contributed by atoms with Crippen LogP contribution in [0.15, 0.2) is 41.2 Å². The molecular weight excluding hydrogens is 415 g/mol. The molecule has 0 spiro atoms. The Bertz CT molecular complexity index is 1220. The number of hydrogen-bond donors (Lipinski definition) is 2. The summed E-state index contributed by atoms with van der Waals surface area (Å²) in [6.07, 6.45) is 1.51. The molecule has 0 bridgehead atoms. The van der Waals surface area contributed by atoms with Crippen molar-refractivity contribution in [1.82, 2.24) is 19.7 Å². The van der Waals surface area contributed by atoms with Crippen molar-refractivity contribution in [1.29, 1.82) is 0 Å². The second-order valence-electron chi connectivity index (χ2n) is 7.76. The number of nitrogens with one attached hydrogen (secondary N) is 2. The highest BCUT2D eigenvalue weighted by Crippen LogP contribution is 2.26. The van der Waals surface area contributed by atoms with Gasteiger partial charge in [0.25, 0.3) is 5.56 Å². The maximum Gasteiger partial charge on any atom is 0.252 e. The van der Waals surface area contributed by atoms with Gasteiger partial charge >= 0.3 is 0 Å². The Hall–Kier alpha value is -3.82. The van der Waals surface area contributed by atoms with E-state index < -0.39 is 11.7 Å². The molecule has 4 rings (SSSR count). The molecule has 3 heterocycles. The van der Waals surface area contributed by atoms with E-state index in [-0.39, 0.29) is 36.3 Å². The van der Waals surface area contributed by atoms with Gasteiger partial charge in [0.05, 0.1) is 11.6 Å². The molecule has 1 fully saturated rings. The number of hydrogen-bond acceptors (Lipinski definition) is 5. The van der Waals surface area contributed by atoms with E-state index in [0.29, 0.717) is 29.3 Å². The van der Waals surface area contributed by atoms with Crippen molar-refractivity contribution in [2.45, 2.75) is 33.1 Å². The minimum Gasteiger partial charge on any atom is -0.312 e. The van der Waals surface area contributed by atoms with Crippen LogP contribution in [0.3, 0.4) is 0 Å². The van der Waals surface area contributed by atoms with Crippen molar-refractivity contribution in [2.24, 2.45) is 5.92 Å². The summed E-state index contributed by atoms with van der Waals surface area (Å²) in [5, 5.41) is 7.15. The minimum absolute atomic E-state index is 0.0391. The second-order valence-corrected chi connectivity index (χ2v) is 7.76. The van der Waals surface area contributed by atoms with Gasteiger partial charge < -0.3 is 10.2 Å². The third-order valence-corrected chi connectivity index (χ3v) is 5.21. The van der Waals surface area contributed by atoms with Crippen LogP contribution in [0.1, 0.15) is 31.2 Å². The Kier molecular flexibility index (Phi) is 5.85. The Morgan fingerprint density at radius 2 is 2.00 bits per heavy atom. The molecule has 1 aromatic carbocycles. The first-order valence-electron chi connectivity index (χ1n) is 10.4. The zero-order chi connectivity index (χ0) is 22.8. The first-order chi connectivity index (χ1) is 15.3. The molecule has 166 valence electrons. The lowest BCUT2D eigenvalue weighted by Crippen LogP contribution is -2.29. The molecule has 0 unspecified atom stereocenters. The molecule has 0 saturated carbocycles. The quantitative estimate of drug-likeness (QED) is 0.613. The number of amides is 2. The van der Waals surface area contributed by atoms with E-state index in [2.05, 4.69) is 20.4 Å². The van der Waals surface area contributed by atoms with Crippen molar-refractivity contribution in [3.05, 3.63) is 64.0 Å². The van der Waals surface area contributed by atoms with Crippen molar-refractivity contribution in [2.75, 3.05) is 16.8 Å². The zero-order valence-electron chi connectivity index (χ0n) is 17.8. The number of H-pyrrole nitrogens is 1. The fourth-order valence-electron chi connectivity index (χ4n) is 3.71. The number of aromatic nitrogens is 4. The van der Waals surface area contributed by atoms with E-state index in [0.717, 1.165) is 6.42 Å². The van der Waals surface area contributed by atoms with E-state index in [1.165, 1.54) is 39.9 Å². The van der Waals surface area contributed by atoms with Gasteiger partial charge in [-0.25, -0.2) is 9.37 Å². The predicted octanol–water partition coefficient (Wildman–Crippen LogP) is 2.35. The smallest absolute Gasteiger partial charge is 0.252 e. The van der Waals surface area contributed by atoms with Crippen molar-refractivity contribution >= 4 is 23.3 Å². The molecule has 2 amide bonds. The summed E-state index contributed by atoms with van der Waals surface area (Å²) in [5.74, 6) is -0.990. The summed E-state index contributed by atoms with van der Waals surface area (Å²) >= 11 is 0. The lowest BCUT2D eigenvalue weighted by atomic mass is 10.1. The number of nitrogens with zero attached hydrogens (tertiary/aromatic N) is 4. The summed E-state index contributed by atoms with van der Waals surface area (Å²) in [6.45, 7) is 3.93. The fourth-order valence-corrected chi connectivity index (χ4v) is 3.71. The van der Waals surface area contributed by atoms with Gasteiger partial charge in [0.1, 0.15) is 11.6 Å². The normalized spacial score (nSPS) is 15.9. The Morgan fingerprint density at radius 3 is 2.72 bits per heavy atom. The number of aryl methyl sites for hydroxylation is 2. The molecule has 0 radical (unpaired) electrons. The molecule has 1 saturated heterocycles. The van der Waals surface area contributed by atoms with Crippen LogP contribution in [-0.4, -0.2) is 38.1 Å². The van der Waals surface area contributed by atoms with Gasteiger partial charge in [0.15, 0.2) is 0 Å². The van der Waals surface area contributed by atoms with E-state index in [9.17, 15) is 18.8 Å². The summed E-state index contributed by atoms with van der Waals surface area (Å²) in [4.78, 5) is 46.0. The highest BCUT2D eigenvalue weighted by atomic mass is 19.1. The van der Waals surface area contributed by atoms with Gasteiger partial charge in [0.2, 0.25) is 17.8 Å². The average Bonchev–Trinajstić information content (AvgIpc) is 3.31. The van der Waals surface area contributed by atoms with Gasteiger partial charge in [-0.05, 0) is 37.6 Å². The molecule has 1 aliphatic heterocycles. The maximum atomic E-state index is 13.2. The SMILES string of the molecule is CCCc1cc(=O)[nH]c(-n2nc(C)cc2NC(=O)[C@H]2CC(=O)N(c3ccc(F)cc3)C2)n1. The number of carbonyl (C=O) groups excluding carboxylic acids is 2. The van der Waals surface area contributed by atoms with Crippen LogP contribution in [0.5, 0.6) is 0 Å². The van der Waals surface area contributed by atoms with Crippen LogP contribution < -0.4 is 15.8 Å². The molecule has 1 atom stereocenters. The van der Waals surface area contributed by atoms with Gasteiger partial charge in [-0.3, -0.25) is 19.4 Å². The monoisotopic (exact) mass is 438 g/mol. The topological polar surface area (TPSA) is 113 Å². The number of halogens is 1. The molecular formula is C22H23FN6O3. The number of anilines is 2. The molecule has 2 N–H and O–H groups in total. The van der Waals surface area contributed by atoms with Crippen molar-refractivity contribution in [3.8, 4) is 5.95 Å². The van der Waals surface area contributed by atoms with Crippen LogP contribution in [-0.2, 0) is 16.0 Å². The molecule has 2 aromatic heterocycles. The van der Waals surface area contributed by atoms with Gasteiger partial charge in [-0.15, -0.1) is 0 Å². The number of benzene rings is 1. The second kappa shape index (κ2) is 8.74. The lowest BCUT2D eigenvalue weighted by molar-refractivity contribution is -0.122. The molecule has 9 nitrogen and oxygen atoms in total. The van der Waals surface area contributed by atoms with Crippen molar-refractivity contribution in [3.63, 3.8) is 0 Å². The average molecular weight is 438 g/mol. The van der Waals surface area contributed by atoms with Gasteiger partial charge in [-0.1, -0.05) is 13.3 Å². The summed E-state index contributed by atoms with van der Waals surface area (Å²) in [6, 6.07) is 8.68. The van der Waals surface area contributed by atoms with Gasteiger partial charge in [-0.2, -0.15) is 9.78 Å². The van der Waals surface area contributed by atoms with E-state index in [1.54, 1.807) is 13.0 Å². The highest BCUT2D eigenvalue weighted by molar-refractivity contribution is 6.03. The predicted molar refractivity (Wildman–Crippen MR) is 116 cm³/mol. The van der Waals surface area contributed by atoms with Crippen LogP contribution in [0, 0.1) is 18.7 Å². The molecule has 32 heavy (non-hydrogen) atoms. The van der Waals surface area contributed by atoms with E-state index in [4.69, 9.17) is 0 Å². The number of carbonyl (C=O) groups is 2.